The fourth-order valence-corrected chi connectivity index (χ4v) is 3.25. The Morgan fingerprint density at radius 3 is 2.40 bits per heavy atom. The van der Waals surface area contributed by atoms with Crippen molar-refractivity contribution in [1.29, 1.82) is 0 Å². The first-order valence-electron chi connectivity index (χ1n) is 10.1. The average Bonchev–Trinajstić information content (AvgIpc) is 2.69. The predicted octanol–water partition coefficient (Wildman–Crippen LogP) is 2.77. The highest BCUT2D eigenvalue weighted by molar-refractivity contribution is 7.99. The quantitative estimate of drug-likeness (QED) is 0.220. The zero-order valence-corrected chi connectivity index (χ0v) is 18.6. The average molecular weight is 437 g/mol. The zero-order chi connectivity index (χ0) is 22.2. The minimum Gasteiger partial charge on any atom is -0.374 e. The Bertz CT molecular complexity index is 691. The molecule has 1 aromatic rings. The molecule has 1 rings (SSSR count). The number of ketones is 3. The van der Waals surface area contributed by atoms with Crippen molar-refractivity contribution in [1.82, 2.24) is 5.32 Å². The van der Waals surface area contributed by atoms with Crippen molar-refractivity contribution in [2.24, 2.45) is 0 Å². The number of ether oxygens (including phenoxy) is 1. The minimum absolute atomic E-state index is 0.0137. The van der Waals surface area contributed by atoms with Gasteiger partial charge in [0.1, 0.15) is 17.3 Å². The maximum Gasteiger partial charge on any atom is 0.224 e. The number of Topliss-reactive ketones (excluding diaryl/α,β-unsaturated/α-hetero) is 3. The maximum atomic E-state index is 12.0. The number of hydrogen-bond donors (Lipinski definition) is 2. The van der Waals surface area contributed by atoms with Crippen LogP contribution in [0.1, 0.15) is 44.6 Å². The van der Waals surface area contributed by atoms with Crippen molar-refractivity contribution in [3.05, 3.63) is 29.8 Å². The number of carbonyl (C=O) groups is 4. The Hall–Kier alpha value is -2.03. The summed E-state index contributed by atoms with van der Waals surface area (Å²) in [5, 5.41) is 5.90. The molecule has 0 unspecified atom stereocenters. The normalized spacial score (nSPS) is 10.6. The van der Waals surface area contributed by atoms with Gasteiger partial charge in [-0.1, -0.05) is 12.1 Å². The molecule has 0 spiro atoms. The molecule has 0 aliphatic rings. The fraction of sp³-hybridized carbons (Fsp3) is 0.545. The third-order valence-electron chi connectivity index (χ3n) is 4.18. The summed E-state index contributed by atoms with van der Waals surface area (Å²) in [7, 11) is 1.65. The van der Waals surface area contributed by atoms with Gasteiger partial charge in [0, 0.05) is 44.4 Å². The standard InChI is InChI=1S/C22H32N2O5S/c1-17(25)14-20(26)11-8-18-6-9-19(10-7-18)24-22(28)5-3-4-21(27)15-23-12-13-30-16-29-2/h6-7,9-10,23H,3-5,8,11-16H2,1-2H3,(H,24,28). The molecule has 0 bridgehead atoms. The number of hydrogen-bond acceptors (Lipinski definition) is 7. The first-order chi connectivity index (χ1) is 14.4. The Kier molecular flexibility index (Phi) is 13.7. The maximum absolute atomic E-state index is 12.0. The smallest absolute Gasteiger partial charge is 0.224 e. The van der Waals surface area contributed by atoms with E-state index < -0.39 is 0 Å². The number of anilines is 1. The van der Waals surface area contributed by atoms with Gasteiger partial charge in [0.2, 0.25) is 5.91 Å². The molecular weight excluding hydrogens is 404 g/mol. The van der Waals surface area contributed by atoms with Gasteiger partial charge in [-0.25, -0.2) is 0 Å². The largest absolute Gasteiger partial charge is 0.374 e. The summed E-state index contributed by atoms with van der Waals surface area (Å²) in [6.45, 7) is 2.49. The molecule has 7 nitrogen and oxygen atoms in total. The monoisotopic (exact) mass is 436 g/mol. The topological polar surface area (TPSA) is 102 Å². The second kappa shape index (κ2) is 15.8. The van der Waals surface area contributed by atoms with Crippen molar-refractivity contribution in [2.75, 3.05) is 37.2 Å². The lowest BCUT2D eigenvalue weighted by atomic mass is 10.0. The van der Waals surface area contributed by atoms with E-state index >= 15 is 0 Å². The van der Waals surface area contributed by atoms with Crippen LogP contribution in [0.5, 0.6) is 0 Å². The lowest BCUT2D eigenvalue weighted by Gasteiger charge is -2.07. The summed E-state index contributed by atoms with van der Waals surface area (Å²) in [4.78, 5) is 46.4. The van der Waals surface area contributed by atoms with E-state index in [4.69, 9.17) is 4.74 Å². The summed E-state index contributed by atoms with van der Waals surface area (Å²) in [5.41, 5.74) is 1.66. The van der Waals surface area contributed by atoms with Crippen LogP contribution >= 0.6 is 11.8 Å². The lowest BCUT2D eigenvalue weighted by molar-refractivity contribution is -0.126. The third-order valence-corrected chi connectivity index (χ3v) is 5.08. The number of amides is 1. The van der Waals surface area contributed by atoms with Crippen molar-refractivity contribution in [3.63, 3.8) is 0 Å². The fourth-order valence-electron chi connectivity index (χ4n) is 2.68. The first kappa shape index (κ1) is 26.0. The van der Waals surface area contributed by atoms with E-state index in [1.54, 1.807) is 31.0 Å². The summed E-state index contributed by atoms with van der Waals surface area (Å²) < 4.78 is 4.93. The van der Waals surface area contributed by atoms with E-state index in [-0.39, 0.29) is 36.1 Å². The molecule has 0 radical (unpaired) electrons. The second-order valence-corrected chi connectivity index (χ2v) is 8.10. The van der Waals surface area contributed by atoms with Crippen molar-refractivity contribution in [3.8, 4) is 0 Å². The van der Waals surface area contributed by atoms with Crippen molar-refractivity contribution >= 4 is 40.7 Å². The molecule has 0 atom stereocenters. The van der Waals surface area contributed by atoms with Gasteiger partial charge in [-0.2, -0.15) is 0 Å². The van der Waals surface area contributed by atoms with Gasteiger partial charge in [0.25, 0.3) is 0 Å². The Labute approximate surface area is 182 Å². The van der Waals surface area contributed by atoms with Crippen molar-refractivity contribution in [2.45, 2.75) is 45.4 Å². The molecule has 2 N–H and O–H groups in total. The van der Waals surface area contributed by atoms with E-state index in [0.29, 0.717) is 43.9 Å². The number of nitrogens with one attached hydrogen (secondary N) is 2. The van der Waals surface area contributed by atoms with Gasteiger partial charge in [0.15, 0.2) is 0 Å². The molecule has 0 aliphatic carbocycles. The summed E-state index contributed by atoms with van der Waals surface area (Å²) in [6, 6.07) is 7.30. The van der Waals surface area contributed by atoms with Crippen molar-refractivity contribution < 1.29 is 23.9 Å². The van der Waals surface area contributed by atoms with Crippen LogP contribution in [0.2, 0.25) is 0 Å². The molecule has 0 heterocycles. The van der Waals surface area contributed by atoms with Crippen LogP contribution in [0.15, 0.2) is 24.3 Å². The molecule has 0 aliphatic heterocycles. The minimum atomic E-state index is -0.129. The zero-order valence-electron chi connectivity index (χ0n) is 17.8. The molecule has 0 aromatic heterocycles. The molecule has 8 heteroatoms. The summed E-state index contributed by atoms with van der Waals surface area (Å²) in [6.07, 6.45) is 2.07. The van der Waals surface area contributed by atoms with Crippen LogP contribution in [-0.2, 0) is 30.3 Å². The second-order valence-electron chi connectivity index (χ2n) is 7.05. The Morgan fingerprint density at radius 2 is 1.73 bits per heavy atom. The molecule has 166 valence electrons. The van der Waals surface area contributed by atoms with Crippen LogP contribution in [0, 0.1) is 0 Å². The van der Waals surface area contributed by atoms with E-state index in [0.717, 1.165) is 17.9 Å². The van der Waals surface area contributed by atoms with Gasteiger partial charge < -0.3 is 15.4 Å². The number of carbonyl (C=O) groups excluding carboxylic acids is 4. The van der Waals surface area contributed by atoms with E-state index in [1.807, 2.05) is 12.1 Å². The van der Waals surface area contributed by atoms with Gasteiger partial charge in [-0.3, -0.25) is 19.2 Å². The lowest BCUT2D eigenvalue weighted by Crippen LogP contribution is -2.25. The molecule has 0 saturated heterocycles. The molecule has 1 aromatic carbocycles. The number of benzene rings is 1. The Balaban J connectivity index is 2.18. The molecule has 1 amide bonds. The van der Waals surface area contributed by atoms with Crippen LogP contribution in [-0.4, -0.2) is 55.1 Å². The third kappa shape index (κ3) is 13.2. The molecular formula is C22H32N2O5S. The van der Waals surface area contributed by atoms with E-state index in [1.165, 1.54) is 6.92 Å². The van der Waals surface area contributed by atoms with Gasteiger partial charge in [-0.15, -0.1) is 11.8 Å². The number of rotatable bonds is 17. The predicted molar refractivity (Wildman–Crippen MR) is 120 cm³/mol. The Morgan fingerprint density at radius 1 is 1.00 bits per heavy atom. The van der Waals surface area contributed by atoms with E-state index in [9.17, 15) is 19.2 Å². The highest BCUT2D eigenvalue weighted by Crippen LogP contribution is 2.12. The van der Waals surface area contributed by atoms with Crippen LogP contribution in [0.4, 0.5) is 5.69 Å². The van der Waals surface area contributed by atoms with Gasteiger partial charge in [-0.05, 0) is 37.5 Å². The molecule has 0 fully saturated rings. The number of thioether (sulfide) groups is 1. The highest BCUT2D eigenvalue weighted by Gasteiger charge is 2.08. The first-order valence-corrected chi connectivity index (χ1v) is 11.2. The van der Waals surface area contributed by atoms with Crippen LogP contribution < -0.4 is 10.6 Å². The van der Waals surface area contributed by atoms with Crippen LogP contribution in [0.25, 0.3) is 0 Å². The SMILES string of the molecule is COCSCCNCC(=O)CCCC(=O)Nc1ccc(CCC(=O)CC(C)=O)cc1. The molecule has 30 heavy (non-hydrogen) atoms. The number of methoxy groups -OCH3 is 1. The number of aryl methyl sites for hydroxylation is 1. The summed E-state index contributed by atoms with van der Waals surface area (Å²) >= 11 is 1.66. The highest BCUT2D eigenvalue weighted by atomic mass is 32.2. The van der Waals surface area contributed by atoms with Gasteiger partial charge >= 0.3 is 0 Å². The van der Waals surface area contributed by atoms with Gasteiger partial charge in [0.05, 0.1) is 18.9 Å². The van der Waals surface area contributed by atoms with Crippen LogP contribution in [0.3, 0.4) is 0 Å². The molecule has 0 saturated carbocycles. The summed E-state index contributed by atoms with van der Waals surface area (Å²) in [5.74, 6) is 1.33. The van der Waals surface area contributed by atoms with E-state index in [2.05, 4.69) is 10.6 Å².